The molecule has 0 spiro atoms. The minimum atomic E-state index is 0.0495. The van der Waals surface area contributed by atoms with Crippen molar-refractivity contribution in [2.75, 3.05) is 37.6 Å². The summed E-state index contributed by atoms with van der Waals surface area (Å²) in [4.78, 5) is 20.2. The summed E-state index contributed by atoms with van der Waals surface area (Å²) in [5, 5.41) is 0.528. The van der Waals surface area contributed by atoms with E-state index in [0.29, 0.717) is 10.6 Å². The topological polar surface area (TPSA) is 26.8 Å². The zero-order chi connectivity index (χ0) is 22.1. The van der Waals surface area contributed by atoms with Gasteiger partial charge >= 0.3 is 0 Å². The number of anilines is 2. The molecule has 0 radical (unpaired) electrons. The summed E-state index contributed by atoms with van der Waals surface area (Å²) in [6.45, 7) is 6.83. The third kappa shape index (κ3) is 4.31. The maximum atomic E-state index is 13.4. The van der Waals surface area contributed by atoms with Crippen molar-refractivity contribution in [2.24, 2.45) is 5.92 Å². The van der Waals surface area contributed by atoms with Gasteiger partial charge in [-0.1, -0.05) is 54.8 Å². The second-order valence-electron chi connectivity index (χ2n) is 9.49. The van der Waals surface area contributed by atoms with Gasteiger partial charge in [0.25, 0.3) is 5.91 Å². The van der Waals surface area contributed by atoms with E-state index in [4.69, 9.17) is 11.6 Å². The lowest BCUT2D eigenvalue weighted by molar-refractivity contribution is 0.0461. The molecule has 0 unspecified atom stereocenters. The van der Waals surface area contributed by atoms with Gasteiger partial charge in [-0.25, -0.2) is 0 Å². The second-order valence-corrected chi connectivity index (χ2v) is 9.90. The molecule has 5 rings (SSSR count). The average Bonchev–Trinajstić information content (AvgIpc) is 3.31. The number of nitrogens with zero attached hydrogens (tertiary/aromatic N) is 3. The highest BCUT2D eigenvalue weighted by atomic mass is 35.5. The highest BCUT2D eigenvalue weighted by molar-refractivity contribution is 6.34. The fourth-order valence-corrected chi connectivity index (χ4v) is 5.82. The zero-order valence-electron chi connectivity index (χ0n) is 18.8. The molecule has 2 aliphatic heterocycles. The van der Waals surface area contributed by atoms with Gasteiger partial charge in [0.05, 0.1) is 10.6 Å². The lowest BCUT2D eigenvalue weighted by Crippen LogP contribution is -2.54. The SMILES string of the molecule is C[C@H]1CN(CC2CCCC2)CCN1C(=O)c1ccc(N2CC=Cc3ccccc32)cc1Cl. The van der Waals surface area contributed by atoms with E-state index in [1.807, 2.05) is 23.1 Å². The smallest absolute Gasteiger partial charge is 0.255 e. The van der Waals surface area contributed by atoms with Gasteiger partial charge in [0, 0.05) is 50.1 Å². The molecule has 1 amide bonds. The fraction of sp³-hybridized carbons (Fsp3) is 0.444. The molecule has 1 atom stereocenters. The van der Waals surface area contributed by atoms with Crippen LogP contribution in [-0.2, 0) is 0 Å². The molecule has 2 fully saturated rings. The quantitative estimate of drug-likeness (QED) is 0.586. The summed E-state index contributed by atoms with van der Waals surface area (Å²) in [6.07, 6.45) is 9.81. The van der Waals surface area contributed by atoms with E-state index in [-0.39, 0.29) is 11.9 Å². The van der Waals surface area contributed by atoms with E-state index in [0.717, 1.165) is 43.5 Å². The van der Waals surface area contributed by atoms with Gasteiger partial charge in [-0.2, -0.15) is 0 Å². The first-order valence-electron chi connectivity index (χ1n) is 12.0. The highest BCUT2D eigenvalue weighted by Gasteiger charge is 2.30. The summed E-state index contributed by atoms with van der Waals surface area (Å²) in [5.74, 6) is 0.898. The Balaban J connectivity index is 1.28. The van der Waals surface area contributed by atoms with Crippen LogP contribution in [0.25, 0.3) is 6.08 Å². The zero-order valence-corrected chi connectivity index (χ0v) is 19.6. The van der Waals surface area contributed by atoms with Crippen LogP contribution in [0.3, 0.4) is 0 Å². The van der Waals surface area contributed by atoms with Gasteiger partial charge in [0.1, 0.15) is 0 Å². The number of para-hydroxylation sites is 1. The minimum Gasteiger partial charge on any atom is -0.337 e. The second kappa shape index (κ2) is 9.29. The monoisotopic (exact) mass is 449 g/mol. The molecule has 168 valence electrons. The summed E-state index contributed by atoms with van der Waals surface area (Å²) in [6, 6.07) is 14.4. The molecule has 4 nitrogen and oxygen atoms in total. The average molecular weight is 450 g/mol. The standard InChI is InChI=1S/C27H32ClN3O/c1-20-18-29(19-21-7-2-3-8-21)15-16-30(20)27(32)24-13-12-23(17-25(24)28)31-14-6-10-22-9-4-5-11-26(22)31/h4-6,9-13,17,20-21H,2-3,7-8,14-16,18-19H2,1H3/t20-/m0/s1. The molecule has 0 bridgehead atoms. The predicted molar refractivity (Wildman–Crippen MR) is 133 cm³/mol. The molecule has 2 aromatic carbocycles. The molecule has 1 aliphatic carbocycles. The number of amides is 1. The van der Waals surface area contributed by atoms with Crippen molar-refractivity contribution in [3.8, 4) is 0 Å². The molecule has 2 heterocycles. The Kier molecular flexibility index (Phi) is 6.25. The third-order valence-corrected chi connectivity index (χ3v) is 7.58. The Bertz CT molecular complexity index is 1010. The molecule has 3 aliphatic rings. The van der Waals surface area contributed by atoms with Gasteiger partial charge < -0.3 is 9.80 Å². The summed E-state index contributed by atoms with van der Waals surface area (Å²) < 4.78 is 0. The van der Waals surface area contributed by atoms with Gasteiger partial charge in [0.2, 0.25) is 0 Å². The van der Waals surface area contributed by atoms with Crippen LogP contribution in [0.1, 0.15) is 48.5 Å². The van der Waals surface area contributed by atoms with E-state index < -0.39 is 0 Å². The van der Waals surface area contributed by atoms with Crippen molar-refractivity contribution >= 4 is 35.0 Å². The molecule has 5 heteroatoms. The minimum absolute atomic E-state index is 0.0495. The number of piperazine rings is 1. The van der Waals surface area contributed by atoms with Crippen molar-refractivity contribution in [3.05, 3.63) is 64.7 Å². The van der Waals surface area contributed by atoms with Crippen molar-refractivity contribution in [1.82, 2.24) is 9.80 Å². The number of halogens is 1. The number of hydrogen-bond acceptors (Lipinski definition) is 3. The van der Waals surface area contributed by atoms with E-state index in [2.05, 4.69) is 53.1 Å². The molecule has 0 N–H and O–H groups in total. The Hall–Kier alpha value is -2.30. The van der Waals surface area contributed by atoms with Crippen LogP contribution in [0, 0.1) is 5.92 Å². The first kappa shape index (κ1) is 21.5. The lowest BCUT2D eigenvalue weighted by Gasteiger charge is -2.41. The number of fused-ring (bicyclic) bond motifs is 1. The number of benzene rings is 2. The largest absolute Gasteiger partial charge is 0.337 e. The molecule has 1 saturated heterocycles. The van der Waals surface area contributed by atoms with Gasteiger partial charge in [-0.15, -0.1) is 0 Å². The van der Waals surface area contributed by atoms with Crippen LogP contribution in [0.4, 0.5) is 11.4 Å². The van der Waals surface area contributed by atoms with E-state index in [1.165, 1.54) is 37.8 Å². The fourth-order valence-electron chi connectivity index (χ4n) is 5.56. The number of carbonyl (C=O) groups is 1. The molecule has 32 heavy (non-hydrogen) atoms. The summed E-state index contributed by atoms with van der Waals surface area (Å²) in [5.41, 5.74) is 3.97. The van der Waals surface area contributed by atoms with Gasteiger partial charge in [-0.3, -0.25) is 9.69 Å². The molecular weight excluding hydrogens is 418 g/mol. The third-order valence-electron chi connectivity index (χ3n) is 7.27. The highest BCUT2D eigenvalue weighted by Crippen LogP contribution is 2.35. The number of hydrogen-bond donors (Lipinski definition) is 0. The van der Waals surface area contributed by atoms with E-state index in [1.54, 1.807) is 0 Å². The molecule has 1 saturated carbocycles. The maximum absolute atomic E-state index is 13.4. The maximum Gasteiger partial charge on any atom is 0.255 e. The number of rotatable bonds is 4. The Morgan fingerprint density at radius 1 is 1.09 bits per heavy atom. The van der Waals surface area contributed by atoms with Gasteiger partial charge in [0.15, 0.2) is 0 Å². The van der Waals surface area contributed by atoms with Crippen LogP contribution < -0.4 is 4.90 Å². The Labute approximate surface area is 196 Å². The molecule has 2 aromatic rings. The summed E-state index contributed by atoms with van der Waals surface area (Å²) in [7, 11) is 0. The lowest BCUT2D eigenvalue weighted by atomic mass is 10.0. The van der Waals surface area contributed by atoms with Crippen molar-refractivity contribution in [3.63, 3.8) is 0 Å². The van der Waals surface area contributed by atoms with Crippen LogP contribution in [0.5, 0.6) is 0 Å². The normalized spacial score (nSPS) is 21.8. The molecular formula is C27H32ClN3O. The van der Waals surface area contributed by atoms with E-state index in [9.17, 15) is 4.79 Å². The van der Waals surface area contributed by atoms with Gasteiger partial charge in [-0.05, 0) is 55.5 Å². The summed E-state index contributed by atoms with van der Waals surface area (Å²) >= 11 is 6.68. The van der Waals surface area contributed by atoms with Crippen molar-refractivity contribution in [2.45, 2.75) is 38.6 Å². The molecule has 0 aromatic heterocycles. The Morgan fingerprint density at radius 2 is 1.91 bits per heavy atom. The van der Waals surface area contributed by atoms with Crippen molar-refractivity contribution in [1.29, 1.82) is 0 Å². The van der Waals surface area contributed by atoms with Crippen LogP contribution >= 0.6 is 11.6 Å². The first-order chi connectivity index (χ1) is 15.6. The van der Waals surface area contributed by atoms with E-state index >= 15 is 0 Å². The van der Waals surface area contributed by atoms with Crippen LogP contribution in [0.2, 0.25) is 5.02 Å². The van der Waals surface area contributed by atoms with Crippen molar-refractivity contribution < 1.29 is 4.79 Å². The number of carbonyl (C=O) groups excluding carboxylic acids is 1. The predicted octanol–water partition coefficient (Wildman–Crippen LogP) is 5.84. The first-order valence-corrected chi connectivity index (χ1v) is 12.3. The van der Waals surface area contributed by atoms with Crippen LogP contribution in [0.15, 0.2) is 48.5 Å². The Morgan fingerprint density at radius 3 is 2.69 bits per heavy atom. The van der Waals surface area contributed by atoms with Crippen LogP contribution in [-0.4, -0.2) is 54.5 Å².